The molecule has 3 nitrogen and oxygen atoms in total. The summed E-state index contributed by atoms with van der Waals surface area (Å²) in [6.45, 7) is 4.80. The zero-order valence-electron chi connectivity index (χ0n) is 13.2. The van der Waals surface area contributed by atoms with Crippen LogP contribution in [-0.2, 0) is 6.18 Å². The fourth-order valence-corrected chi connectivity index (χ4v) is 2.02. The van der Waals surface area contributed by atoms with Gasteiger partial charge in [-0.3, -0.25) is 0 Å². The Morgan fingerprint density at radius 2 is 1.68 bits per heavy atom. The molecule has 2 rings (SSSR count). The first-order chi connectivity index (χ1) is 10.4. The number of hydrogen-bond acceptors (Lipinski definition) is 3. The van der Waals surface area contributed by atoms with Crippen LogP contribution in [0.1, 0.15) is 31.7 Å². The lowest BCUT2D eigenvalue weighted by atomic mass is 10.1. The minimum atomic E-state index is -4.29. The van der Waals surface area contributed by atoms with Gasteiger partial charge in [0.15, 0.2) is 0 Å². The number of piperidine rings is 1. The normalized spacial score (nSPS) is 16.8. The van der Waals surface area contributed by atoms with E-state index in [0.29, 0.717) is 5.75 Å². The van der Waals surface area contributed by atoms with Crippen LogP contribution in [0.3, 0.4) is 0 Å². The van der Waals surface area contributed by atoms with Crippen molar-refractivity contribution in [3.05, 3.63) is 29.8 Å². The predicted octanol–water partition coefficient (Wildman–Crippen LogP) is 3.53. The molecule has 1 aromatic carbocycles. The molecule has 0 aromatic heterocycles. The third-order valence-electron chi connectivity index (χ3n) is 3.44. The minimum Gasteiger partial charge on any atom is -0.490 e. The average molecular weight is 318 g/mol. The Bertz CT molecular complexity index is 410. The quantitative estimate of drug-likeness (QED) is 0.926. The molecule has 0 amide bonds. The summed E-state index contributed by atoms with van der Waals surface area (Å²) in [6.07, 6.45) is -1.25. The molecule has 0 spiro atoms. The molecular formula is C16H25F3N2O. The van der Waals surface area contributed by atoms with Gasteiger partial charge in [0.05, 0.1) is 5.56 Å². The Labute approximate surface area is 130 Å². The number of alkyl halides is 3. The summed E-state index contributed by atoms with van der Waals surface area (Å²) < 4.78 is 42.8. The number of nitrogens with zero attached hydrogens (tertiary/aromatic N) is 1. The molecule has 1 fully saturated rings. The van der Waals surface area contributed by atoms with E-state index in [0.717, 1.165) is 51.0 Å². The van der Waals surface area contributed by atoms with E-state index < -0.39 is 11.7 Å². The average Bonchev–Trinajstić information content (AvgIpc) is 2.49. The van der Waals surface area contributed by atoms with Crippen LogP contribution >= 0.6 is 0 Å². The molecule has 0 radical (unpaired) electrons. The molecule has 126 valence electrons. The highest BCUT2D eigenvalue weighted by atomic mass is 19.4. The van der Waals surface area contributed by atoms with Gasteiger partial charge in [0.1, 0.15) is 11.9 Å². The standard InChI is InChI=1S/C13H16F3NO.C3H9N/c1-17-8-6-12(7-9-17)18-11-4-2-10(3-5-11)13(14,15)16;1-2-3-4/h2-5,12H,6-9H2,1H3;2-4H2,1H3. The van der Waals surface area contributed by atoms with Crippen LogP contribution in [0.15, 0.2) is 24.3 Å². The number of halogens is 3. The van der Waals surface area contributed by atoms with Gasteiger partial charge in [-0.15, -0.1) is 0 Å². The number of rotatable bonds is 3. The minimum absolute atomic E-state index is 0.109. The number of likely N-dealkylation sites (tertiary alicyclic amines) is 1. The molecule has 22 heavy (non-hydrogen) atoms. The van der Waals surface area contributed by atoms with Crippen LogP contribution in [0.5, 0.6) is 5.75 Å². The molecule has 1 heterocycles. The first-order valence-corrected chi connectivity index (χ1v) is 7.59. The largest absolute Gasteiger partial charge is 0.490 e. The zero-order chi connectivity index (χ0) is 16.6. The summed E-state index contributed by atoms with van der Waals surface area (Å²) in [5, 5.41) is 0. The van der Waals surface area contributed by atoms with Crippen molar-refractivity contribution in [1.29, 1.82) is 0 Å². The third-order valence-corrected chi connectivity index (χ3v) is 3.44. The number of ether oxygens (including phenoxy) is 1. The molecule has 0 bridgehead atoms. The van der Waals surface area contributed by atoms with Crippen LogP contribution in [0.25, 0.3) is 0 Å². The summed E-state index contributed by atoms with van der Waals surface area (Å²) >= 11 is 0. The van der Waals surface area contributed by atoms with E-state index in [1.165, 1.54) is 12.1 Å². The first-order valence-electron chi connectivity index (χ1n) is 7.59. The lowest BCUT2D eigenvalue weighted by Gasteiger charge is -2.29. The number of benzene rings is 1. The Morgan fingerprint density at radius 1 is 1.18 bits per heavy atom. The van der Waals surface area contributed by atoms with Crippen LogP contribution in [0.4, 0.5) is 13.2 Å². The Kier molecular flexibility index (Phi) is 7.68. The third kappa shape index (κ3) is 6.66. The molecule has 1 aliphatic heterocycles. The van der Waals surface area contributed by atoms with Crippen molar-refractivity contribution in [3.8, 4) is 5.75 Å². The van der Waals surface area contributed by atoms with Crippen molar-refractivity contribution in [2.45, 2.75) is 38.5 Å². The van der Waals surface area contributed by atoms with E-state index >= 15 is 0 Å². The van der Waals surface area contributed by atoms with E-state index in [4.69, 9.17) is 10.5 Å². The summed E-state index contributed by atoms with van der Waals surface area (Å²) in [6, 6.07) is 4.90. The van der Waals surface area contributed by atoms with Gasteiger partial charge in [0.25, 0.3) is 0 Å². The predicted molar refractivity (Wildman–Crippen MR) is 81.9 cm³/mol. The van der Waals surface area contributed by atoms with Crippen molar-refractivity contribution in [2.24, 2.45) is 5.73 Å². The maximum absolute atomic E-state index is 12.4. The summed E-state index contributed by atoms with van der Waals surface area (Å²) in [4.78, 5) is 2.21. The van der Waals surface area contributed by atoms with E-state index in [-0.39, 0.29) is 6.10 Å². The SMILES string of the molecule is CCCN.CN1CCC(Oc2ccc(C(F)(F)F)cc2)CC1. The van der Waals surface area contributed by atoms with Gasteiger partial charge in [-0.1, -0.05) is 6.92 Å². The molecule has 6 heteroatoms. The molecular weight excluding hydrogens is 293 g/mol. The van der Waals surface area contributed by atoms with Gasteiger partial charge < -0.3 is 15.4 Å². The first kappa shape index (κ1) is 18.8. The highest BCUT2D eigenvalue weighted by molar-refractivity contribution is 5.29. The van der Waals surface area contributed by atoms with Crippen LogP contribution < -0.4 is 10.5 Å². The van der Waals surface area contributed by atoms with E-state index in [2.05, 4.69) is 11.8 Å². The molecule has 0 unspecified atom stereocenters. The van der Waals surface area contributed by atoms with Crippen molar-refractivity contribution >= 4 is 0 Å². The van der Waals surface area contributed by atoms with Crippen molar-refractivity contribution < 1.29 is 17.9 Å². The molecule has 1 saturated heterocycles. The smallest absolute Gasteiger partial charge is 0.416 e. The lowest BCUT2D eigenvalue weighted by molar-refractivity contribution is -0.137. The second kappa shape index (κ2) is 9.00. The van der Waals surface area contributed by atoms with Gasteiger partial charge >= 0.3 is 6.18 Å². The second-order valence-electron chi connectivity index (χ2n) is 5.43. The van der Waals surface area contributed by atoms with Crippen LogP contribution in [-0.4, -0.2) is 37.7 Å². The number of hydrogen-bond donors (Lipinski definition) is 1. The fourth-order valence-electron chi connectivity index (χ4n) is 2.02. The van der Waals surface area contributed by atoms with Crippen LogP contribution in [0, 0.1) is 0 Å². The fraction of sp³-hybridized carbons (Fsp3) is 0.625. The Morgan fingerprint density at radius 3 is 2.09 bits per heavy atom. The molecule has 1 aliphatic rings. The van der Waals surface area contributed by atoms with E-state index in [1.54, 1.807) is 0 Å². The van der Waals surface area contributed by atoms with Crippen LogP contribution in [0.2, 0.25) is 0 Å². The van der Waals surface area contributed by atoms with Crippen molar-refractivity contribution in [2.75, 3.05) is 26.7 Å². The zero-order valence-corrected chi connectivity index (χ0v) is 13.2. The van der Waals surface area contributed by atoms with Crippen molar-refractivity contribution in [3.63, 3.8) is 0 Å². The topological polar surface area (TPSA) is 38.5 Å². The summed E-state index contributed by atoms with van der Waals surface area (Å²) in [7, 11) is 2.05. The van der Waals surface area contributed by atoms with E-state index in [1.807, 2.05) is 7.05 Å². The highest BCUT2D eigenvalue weighted by Gasteiger charge is 2.30. The van der Waals surface area contributed by atoms with Gasteiger partial charge in [-0.25, -0.2) is 0 Å². The Balaban J connectivity index is 0.000000541. The molecule has 1 aromatic rings. The van der Waals surface area contributed by atoms with Gasteiger partial charge in [0.2, 0.25) is 0 Å². The lowest BCUT2D eigenvalue weighted by Crippen LogP contribution is -2.35. The molecule has 0 saturated carbocycles. The van der Waals surface area contributed by atoms with E-state index in [9.17, 15) is 13.2 Å². The second-order valence-corrected chi connectivity index (χ2v) is 5.43. The van der Waals surface area contributed by atoms with Gasteiger partial charge in [-0.05, 0) is 57.1 Å². The molecule has 0 aliphatic carbocycles. The van der Waals surface area contributed by atoms with Crippen molar-refractivity contribution in [1.82, 2.24) is 4.90 Å². The highest BCUT2D eigenvalue weighted by Crippen LogP contribution is 2.30. The number of nitrogens with two attached hydrogens (primary N) is 1. The summed E-state index contributed by atoms with van der Waals surface area (Å²) in [5.74, 6) is 0.512. The maximum atomic E-state index is 12.4. The maximum Gasteiger partial charge on any atom is 0.416 e. The molecule has 0 atom stereocenters. The molecule has 2 N–H and O–H groups in total. The van der Waals surface area contributed by atoms with Gasteiger partial charge in [-0.2, -0.15) is 13.2 Å². The Hall–Kier alpha value is -1.27. The monoisotopic (exact) mass is 318 g/mol. The summed E-state index contributed by atoms with van der Waals surface area (Å²) in [5.41, 5.74) is 4.39. The van der Waals surface area contributed by atoms with Gasteiger partial charge in [0, 0.05) is 13.1 Å².